The van der Waals surface area contributed by atoms with Gasteiger partial charge in [-0.2, -0.15) is 0 Å². The molecule has 2 aliphatic heterocycles. The fraction of sp³-hybridized carbons (Fsp3) is 0.328. The van der Waals surface area contributed by atoms with Crippen molar-refractivity contribution >= 4 is 76.3 Å². The average molecular weight is 1130 g/mol. The van der Waals surface area contributed by atoms with Crippen molar-refractivity contribution < 1.29 is 66.8 Å². The number of benzene rings is 3. The Hall–Kier alpha value is -9.71. The van der Waals surface area contributed by atoms with Crippen molar-refractivity contribution in [2.75, 3.05) is 66.4 Å². The van der Waals surface area contributed by atoms with E-state index in [0.29, 0.717) is 28.3 Å². The number of nitrogens with one attached hydrogen (secondary N) is 5. The Kier molecular flexibility index (Phi) is 19.7. The third-order valence-corrected chi connectivity index (χ3v) is 13.2. The van der Waals surface area contributed by atoms with Crippen LogP contribution in [-0.4, -0.2) is 127 Å². The SMILES string of the molecule is C=CCOC(=O)N[C@H](C(=O)N[C@@H](C)C(=O)Nc1ccc2c(c1)N1C(=O)c3cc(OC)c(OCCCC(=O)Nc4cn(C)c(C(=O)Nc5ccc(-c6cc(C(=O)OCC=C)n(C)c6)cc5)n4)cc3N(C(=O)OCC=C)C(OC)[C@@H]1C2)C(C)C. The summed E-state index contributed by atoms with van der Waals surface area (Å²) >= 11 is 0. The lowest BCUT2D eigenvalue weighted by Crippen LogP contribution is -2.53. The fourth-order valence-corrected chi connectivity index (χ4v) is 9.20. The van der Waals surface area contributed by atoms with Crippen molar-refractivity contribution in [1.82, 2.24) is 24.8 Å². The first kappa shape index (κ1) is 59.9. The number of esters is 1. The second kappa shape index (κ2) is 27.0. The largest absolute Gasteiger partial charge is 0.493 e. The van der Waals surface area contributed by atoms with E-state index in [4.69, 9.17) is 28.4 Å². The van der Waals surface area contributed by atoms with Crippen LogP contribution in [-0.2, 0) is 53.8 Å². The minimum atomic E-state index is -1.13. The fourth-order valence-electron chi connectivity index (χ4n) is 9.20. The van der Waals surface area contributed by atoms with Gasteiger partial charge in [-0.3, -0.25) is 28.9 Å². The van der Waals surface area contributed by atoms with Gasteiger partial charge in [0.15, 0.2) is 23.5 Å². The van der Waals surface area contributed by atoms with Gasteiger partial charge in [0.2, 0.25) is 23.5 Å². The number of anilines is 5. The number of alkyl carbamates (subject to hydrolysis) is 1. The van der Waals surface area contributed by atoms with E-state index in [2.05, 4.69) is 51.3 Å². The van der Waals surface area contributed by atoms with Gasteiger partial charge >= 0.3 is 18.2 Å². The van der Waals surface area contributed by atoms with Gasteiger partial charge in [0, 0.05) is 68.7 Å². The molecule has 0 fully saturated rings. The van der Waals surface area contributed by atoms with E-state index < -0.39 is 72.0 Å². The summed E-state index contributed by atoms with van der Waals surface area (Å²) in [4.78, 5) is 114. The molecular formula is C58H66N10O14. The maximum atomic E-state index is 15.0. The molecular weight excluding hydrogens is 1060 g/mol. The van der Waals surface area contributed by atoms with Crippen LogP contribution in [0.5, 0.6) is 11.5 Å². The molecule has 5 aromatic rings. The zero-order valence-electron chi connectivity index (χ0n) is 46.6. The second-order valence-corrected chi connectivity index (χ2v) is 19.3. The molecule has 4 heterocycles. The van der Waals surface area contributed by atoms with E-state index in [9.17, 15) is 38.4 Å². The van der Waals surface area contributed by atoms with Gasteiger partial charge in [0.1, 0.15) is 37.6 Å². The summed E-state index contributed by atoms with van der Waals surface area (Å²) in [6.45, 7) is 15.5. The highest BCUT2D eigenvalue weighted by Crippen LogP contribution is 2.45. The van der Waals surface area contributed by atoms with E-state index in [1.807, 2.05) is 0 Å². The molecule has 5 N–H and O–H groups in total. The summed E-state index contributed by atoms with van der Waals surface area (Å²) in [5, 5.41) is 13.5. The molecule has 3 aromatic carbocycles. The first-order chi connectivity index (χ1) is 39.3. The van der Waals surface area contributed by atoms with Crippen molar-refractivity contribution in [3.05, 3.63) is 134 Å². The summed E-state index contributed by atoms with van der Waals surface area (Å²) in [6, 6.07) is 13.7. The zero-order chi connectivity index (χ0) is 59.4. The number of ether oxygens (including phenoxy) is 6. The highest BCUT2D eigenvalue weighted by Gasteiger charge is 2.49. The highest BCUT2D eigenvalue weighted by molar-refractivity contribution is 6.15. The standard InChI is InChI=1S/C58H66N10O14/c1-11-22-80-56(74)44-27-37(31-65(44)7)35-16-19-38(20-17-35)60-53(72)50-63-47(32-66(50)8)62-48(69)15-14-25-79-46-30-42-40(29-45(46)77-9)54(73)67-41-28-39(21-18-36(41)26-43(67)55(78-10)68(42)58(76)82-24-13-3)61-51(70)34(6)59-52(71)49(33(4)5)64-57(75)81-23-12-2/h11-13,16-21,27-34,43,49,55H,1-3,14-15,22-26H2,4-10H3,(H,59,71)(H,60,72)(H,61,70)(H,62,69)(H,64,75)/t34-,43-,49-,55?/m0/s1. The summed E-state index contributed by atoms with van der Waals surface area (Å²) in [7, 11) is 6.13. The number of hydrogen-bond acceptors (Lipinski definition) is 15. The summed E-state index contributed by atoms with van der Waals surface area (Å²) in [5.41, 5.74) is 3.94. The van der Waals surface area contributed by atoms with Gasteiger partial charge < -0.3 is 64.1 Å². The topological polar surface area (TPSA) is 281 Å². The van der Waals surface area contributed by atoms with E-state index in [1.165, 1.54) is 72.1 Å². The third-order valence-electron chi connectivity index (χ3n) is 13.2. The van der Waals surface area contributed by atoms with Gasteiger partial charge in [-0.15, -0.1) is 0 Å². The number of carbonyl (C=O) groups is 8. The van der Waals surface area contributed by atoms with Crippen LogP contribution >= 0.6 is 0 Å². The number of aryl methyl sites for hydroxylation is 2. The average Bonchev–Trinajstić information content (AvgIpc) is 3.75. The smallest absolute Gasteiger partial charge is 0.416 e. The normalized spacial score (nSPS) is 14.8. The lowest BCUT2D eigenvalue weighted by Gasteiger charge is -2.34. The minimum absolute atomic E-state index is 0.0215. The predicted octanol–water partition coefficient (Wildman–Crippen LogP) is 6.89. The molecule has 2 aromatic heterocycles. The van der Waals surface area contributed by atoms with Crippen LogP contribution in [0.4, 0.5) is 38.2 Å². The van der Waals surface area contributed by atoms with E-state index >= 15 is 0 Å². The molecule has 0 aliphatic carbocycles. The number of carbonyl (C=O) groups excluding carboxylic acids is 8. The Morgan fingerprint density at radius 2 is 1.44 bits per heavy atom. The maximum Gasteiger partial charge on any atom is 0.416 e. The van der Waals surface area contributed by atoms with Gasteiger partial charge in [-0.05, 0) is 73.2 Å². The Morgan fingerprint density at radius 3 is 2.12 bits per heavy atom. The Balaban J connectivity index is 1.01. The van der Waals surface area contributed by atoms with Crippen molar-refractivity contribution in [1.29, 1.82) is 0 Å². The lowest BCUT2D eigenvalue weighted by molar-refractivity contribution is -0.128. The van der Waals surface area contributed by atoms with Crippen LogP contribution < -0.4 is 45.9 Å². The van der Waals surface area contributed by atoms with Crippen molar-refractivity contribution in [2.45, 2.75) is 64.4 Å². The summed E-state index contributed by atoms with van der Waals surface area (Å²) < 4.78 is 36.8. The quantitative estimate of drug-likeness (QED) is 0.0182. The van der Waals surface area contributed by atoms with E-state index in [1.54, 1.807) is 87.2 Å². The number of imidazole rings is 1. The molecule has 0 spiro atoms. The molecule has 1 unspecified atom stereocenters. The first-order valence-corrected chi connectivity index (χ1v) is 26.1. The first-order valence-electron chi connectivity index (χ1n) is 26.1. The number of rotatable bonds is 24. The van der Waals surface area contributed by atoms with Crippen LogP contribution in [0.1, 0.15) is 70.6 Å². The molecule has 4 atom stereocenters. The molecule has 0 saturated heterocycles. The molecule has 0 bridgehead atoms. The Labute approximate surface area is 473 Å². The summed E-state index contributed by atoms with van der Waals surface area (Å²) in [6.07, 6.45) is 5.15. The van der Waals surface area contributed by atoms with Gasteiger partial charge in [-0.25, -0.2) is 24.3 Å². The molecule has 7 amide bonds. The monoisotopic (exact) mass is 1130 g/mol. The number of nitrogens with zero attached hydrogens (tertiary/aromatic N) is 5. The maximum absolute atomic E-state index is 15.0. The van der Waals surface area contributed by atoms with Gasteiger partial charge in [0.05, 0.1) is 31.0 Å². The van der Waals surface area contributed by atoms with Crippen LogP contribution in [0, 0.1) is 5.92 Å². The lowest BCUT2D eigenvalue weighted by atomic mass is 10.0. The number of amides is 7. The molecule has 82 heavy (non-hydrogen) atoms. The number of fused-ring (bicyclic) bond motifs is 4. The van der Waals surface area contributed by atoms with Crippen molar-refractivity contribution in [2.24, 2.45) is 20.0 Å². The number of hydrogen-bond donors (Lipinski definition) is 5. The third kappa shape index (κ3) is 13.8. The van der Waals surface area contributed by atoms with E-state index in [0.717, 1.165) is 11.1 Å². The molecule has 0 radical (unpaired) electrons. The number of aromatic nitrogens is 3. The van der Waals surface area contributed by atoms with Crippen molar-refractivity contribution in [3.63, 3.8) is 0 Å². The summed E-state index contributed by atoms with van der Waals surface area (Å²) in [5.74, 6) is -3.07. The van der Waals surface area contributed by atoms with Gasteiger partial charge in [-0.1, -0.05) is 70.0 Å². The van der Waals surface area contributed by atoms with E-state index in [-0.39, 0.29) is 86.0 Å². The highest BCUT2D eigenvalue weighted by atomic mass is 16.6. The van der Waals surface area contributed by atoms with Crippen LogP contribution in [0.25, 0.3) is 11.1 Å². The van der Waals surface area contributed by atoms with Crippen LogP contribution in [0.2, 0.25) is 0 Å². The zero-order valence-corrected chi connectivity index (χ0v) is 46.6. The molecule has 0 saturated carbocycles. The molecule has 24 nitrogen and oxygen atoms in total. The molecule has 2 aliphatic rings. The number of methoxy groups -OCH3 is 2. The Morgan fingerprint density at radius 1 is 0.744 bits per heavy atom. The molecule has 7 rings (SSSR count). The molecule has 432 valence electrons. The second-order valence-electron chi connectivity index (χ2n) is 19.3. The minimum Gasteiger partial charge on any atom is -0.493 e. The van der Waals surface area contributed by atoms with Crippen LogP contribution in [0.15, 0.2) is 111 Å². The van der Waals surface area contributed by atoms with Gasteiger partial charge in [0.25, 0.3) is 11.8 Å². The Bertz CT molecular complexity index is 3280. The molecule has 24 heteroatoms. The van der Waals surface area contributed by atoms with Crippen molar-refractivity contribution in [3.8, 4) is 22.6 Å². The predicted molar refractivity (Wildman–Crippen MR) is 304 cm³/mol. The van der Waals surface area contributed by atoms with Crippen LogP contribution in [0.3, 0.4) is 0 Å².